The number of methoxy groups -OCH3 is 1. The molecule has 9 heteroatoms. The van der Waals surface area contributed by atoms with E-state index in [2.05, 4.69) is 31.0 Å². The lowest BCUT2D eigenvalue weighted by Gasteiger charge is -2.14. The molecule has 2 N–H and O–H groups in total. The molecule has 7 nitrogen and oxygen atoms in total. The zero-order valence-electron chi connectivity index (χ0n) is 13.9. The van der Waals surface area contributed by atoms with Gasteiger partial charge < -0.3 is 10.1 Å². The number of carbonyl (C=O) groups excluding carboxylic acids is 1. The average Bonchev–Trinajstić information content (AvgIpc) is 2.55. The predicted octanol–water partition coefficient (Wildman–Crippen LogP) is 2.79. The summed E-state index contributed by atoms with van der Waals surface area (Å²) in [6.07, 6.45) is 1.55. The summed E-state index contributed by atoms with van der Waals surface area (Å²) < 4.78 is 33.3. The fourth-order valence-corrected chi connectivity index (χ4v) is 3.72. The number of ether oxygens (including phenoxy) is 1. The molecule has 0 aliphatic heterocycles. The SMILES string of the molecule is COc1ccc(C(=O)Nc2ccc(Br)cn2)cc1S(=O)(=O)NC(C)C. The van der Waals surface area contributed by atoms with Crippen LogP contribution in [0.4, 0.5) is 5.82 Å². The molecule has 0 aliphatic rings. The van der Waals surface area contributed by atoms with Crippen molar-refractivity contribution in [3.05, 3.63) is 46.6 Å². The number of pyridine rings is 1. The molecule has 134 valence electrons. The summed E-state index contributed by atoms with van der Waals surface area (Å²) in [4.78, 5) is 16.3. The number of anilines is 1. The molecule has 0 spiro atoms. The van der Waals surface area contributed by atoms with Crippen LogP contribution in [-0.2, 0) is 10.0 Å². The van der Waals surface area contributed by atoms with Crippen LogP contribution in [0.5, 0.6) is 5.75 Å². The highest BCUT2D eigenvalue weighted by atomic mass is 79.9. The maximum absolute atomic E-state index is 12.5. The molecule has 0 saturated heterocycles. The topological polar surface area (TPSA) is 97.4 Å². The lowest BCUT2D eigenvalue weighted by molar-refractivity contribution is 0.102. The Morgan fingerprint density at radius 2 is 1.96 bits per heavy atom. The van der Waals surface area contributed by atoms with Gasteiger partial charge in [-0.1, -0.05) is 0 Å². The quantitative estimate of drug-likeness (QED) is 0.738. The van der Waals surface area contributed by atoms with Gasteiger partial charge in [-0.25, -0.2) is 18.1 Å². The minimum absolute atomic E-state index is 0.0971. The average molecular weight is 428 g/mol. The van der Waals surface area contributed by atoms with Crippen LogP contribution in [0.2, 0.25) is 0 Å². The summed E-state index contributed by atoms with van der Waals surface area (Å²) in [6.45, 7) is 3.42. The van der Waals surface area contributed by atoms with Gasteiger partial charge in [0.1, 0.15) is 16.5 Å². The van der Waals surface area contributed by atoms with Gasteiger partial charge in [-0.2, -0.15) is 0 Å². The van der Waals surface area contributed by atoms with Crippen LogP contribution < -0.4 is 14.8 Å². The van der Waals surface area contributed by atoms with E-state index in [9.17, 15) is 13.2 Å². The molecule has 25 heavy (non-hydrogen) atoms. The van der Waals surface area contributed by atoms with Gasteiger partial charge in [0, 0.05) is 22.3 Å². The predicted molar refractivity (Wildman–Crippen MR) is 98.3 cm³/mol. The molecule has 1 amide bonds. The van der Waals surface area contributed by atoms with Crippen molar-refractivity contribution in [3.8, 4) is 5.75 Å². The molecule has 0 saturated carbocycles. The third kappa shape index (κ3) is 5.00. The molecule has 0 radical (unpaired) electrons. The fourth-order valence-electron chi connectivity index (χ4n) is 2.04. The smallest absolute Gasteiger partial charge is 0.256 e. The number of sulfonamides is 1. The largest absolute Gasteiger partial charge is 0.495 e. The van der Waals surface area contributed by atoms with Crippen molar-refractivity contribution in [3.63, 3.8) is 0 Å². The van der Waals surface area contributed by atoms with Gasteiger partial charge in [0.05, 0.1) is 7.11 Å². The van der Waals surface area contributed by atoms with Crippen LogP contribution in [0.3, 0.4) is 0 Å². The summed E-state index contributed by atoms with van der Waals surface area (Å²) in [7, 11) is -2.44. The van der Waals surface area contributed by atoms with Crippen LogP contribution in [0.1, 0.15) is 24.2 Å². The number of amides is 1. The number of aromatic nitrogens is 1. The lowest BCUT2D eigenvalue weighted by atomic mass is 10.2. The Bertz CT molecular complexity index is 867. The second kappa shape index (κ2) is 7.94. The first-order valence-corrected chi connectivity index (χ1v) is 9.64. The van der Waals surface area contributed by atoms with E-state index in [-0.39, 0.29) is 22.3 Å². The Kier molecular flexibility index (Phi) is 6.15. The Labute approximate surface area is 155 Å². The van der Waals surface area contributed by atoms with Gasteiger partial charge in [-0.15, -0.1) is 0 Å². The van der Waals surface area contributed by atoms with Gasteiger partial charge >= 0.3 is 0 Å². The zero-order valence-corrected chi connectivity index (χ0v) is 16.3. The monoisotopic (exact) mass is 427 g/mol. The number of benzene rings is 1. The minimum Gasteiger partial charge on any atom is -0.495 e. The van der Waals surface area contributed by atoms with Crippen LogP contribution in [0, 0.1) is 0 Å². The summed E-state index contributed by atoms with van der Waals surface area (Å²) in [5, 5.41) is 2.62. The normalized spacial score (nSPS) is 11.4. The van der Waals surface area contributed by atoms with Crippen molar-refractivity contribution in [2.24, 2.45) is 0 Å². The molecule has 1 aromatic carbocycles. The molecule has 0 fully saturated rings. The summed E-state index contributed by atoms with van der Waals surface area (Å²) >= 11 is 3.26. The Morgan fingerprint density at radius 3 is 2.52 bits per heavy atom. The van der Waals surface area contributed by atoms with Crippen LogP contribution in [-0.4, -0.2) is 32.5 Å². The molecule has 2 aromatic rings. The Hall–Kier alpha value is -1.97. The molecular weight excluding hydrogens is 410 g/mol. The van der Waals surface area contributed by atoms with Crippen LogP contribution >= 0.6 is 15.9 Å². The number of carbonyl (C=O) groups is 1. The third-order valence-electron chi connectivity index (χ3n) is 3.08. The molecule has 1 heterocycles. The first-order valence-electron chi connectivity index (χ1n) is 7.36. The second-order valence-electron chi connectivity index (χ2n) is 5.46. The first-order chi connectivity index (χ1) is 11.7. The van der Waals surface area contributed by atoms with Gasteiger partial charge in [-0.3, -0.25) is 4.79 Å². The molecule has 0 aliphatic carbocycles. The van der Waals surface area contributed by atoms with Crippen molar-refractivity contribution in [1.82, 2.24) is 9.71 Å². The standard InChI is InChI=1S/C16H18BrN3O4S/c1-10(2)20-25(22,23)14-8-11(4-6-13(14)24-3)16(21)19-15-7-5-12(17)9-18-15/h4-10,20H,1-3H3,(H,18,19,21). The van der Waals surface area contributed by atoms with E-state index in [1.807, 2.05) is 0 Å². The van der Waals surface area contributed by atoms with Crippen molar-refractivity contribution in [2.75, 3.05) is 12.4 Å². The van der Waals surface area contributed by atoms with E-state index in [1.54, 1.807) is 32.2 Å². The van der Waals surface area contributed by atoms with Gasteiger partial charge in [0.15, 0.2) is 0 Å². The minimum atomic E-state index is -3.81. The molecule has 1 aromatic heterocycles. The number of hydrogen-bond acceptors (Lipinski definition) is 5. The Morgan fingerprint density at radius 1 is 1.24 bits per heavy atom. The summed E-state index contributed by atoms with van der Waals surface area (Å²) in [6, 6.07) is 7.28. The highest BCUT2D eigenvalue weighted by Gasteiger charge is 2.22. The van der Waals surface area contributed by atoms with Gasteiger partial charge in [-0.05, 0) is 60.1 Å². The van der Waals surface area contributed by atoms with Crippen molar-refractivity contribution >= 4 is 37.7 Å². The van der Waals surface area contributed by atoms with Gasteiger partial charge in [0.2, 0.25) is 10.0 Å². The van der Waals surface area contributed by atoms with Crippen molar-refractivity contribution in [2.45, 2.75) is 24.8 Å². The van der Waals surface area contributed by atoms with Crippen LogP contribution in [0.15, 0.2) is 45.9 Å². The highest BCUT2D eigenvalue weighted by Crippen LogP contribution is 2.25. The lowest BCUT2D eigenvalue weighted by Crippen LogP contribution is -2.30. The Balaban J connectivity index is 2.34. The highest BCUT2D eigenvalue weighted by molar-refractivity contribution is 9.10. The maximum atomic E-state index is 12.5. The van der Waals surface area contributed by atoms with Crippen molar-refractivity contribution < 1.29 is 17.9 Å². The van der Waals surface area contributed by atoms with Crippen LogP contribution in [0.25, 0.3) is 0 Å². The number of halogens is 1. The molecule has 0 atom stereocenters. The van der Waals surface area contributed by atoms with E-state index in [0.717, 1.165) is 4.47 Å². The van der Waals surface area contributed by atoms with E-state index >= 15 is 0 Å². The molecular formula is C16H18BrN3O4S. The van der Waals surface area contributed by atoms with E-state index in [4.69, 9.17) is 4.74 Å². The van der Waals surface area contributed by atoms with Gasteiger partial charge in [0.25, 0.3) is 5.91 Å². The first kappa shape index (κ1) is 19.4. The fraction of sp³-hybridized carbons (Fsp3) is 0.250. The van der Waals surface area contributed by atoms with E-state index in [0.29, 0.717) is 5.82 Å². The molecule has 0 bridgehead atoms. The van der Waals surface area contributed by atoms with E-state index < -0.39 is 15.9 Å². The second-order valence-corrected chi connectivity index (χ2v) is 8.06. The summed E-state index contributed by atoms with van der Waals surface area (Å²) in [5.74, 6) is 0.0404. The number of rotatable bonds is 6. The van der Waals surface area contributed by atoms with E-state index in [1.165, 1.54) is 25.3 Å². The summed E-state index contributed by atoms with van der Waals surface area (Å²) in [5.41, 5.74) is 0.176. The zero-order chi connectivity index (χ0) is 18.6. The molecule has 2 rings (SSSR count). The van der Waals surface area contributed by atoms with Crippen molar-refractivity contribution in [1.29, 1.82) is 0 Å². The third-order valence-corrected chi connectivity index (χ3v) is 5.22. The number of hydrogen-bond donors (Lipinski definition) is 2. The molecule has 0 unspecified atom stereocenters. The number of nitrogens with one attached hydrogen (secondary N) is 2. The maximum Gasteiger partial charge on any atom is 0.256 e. The number of nitrogens with zero attached hydrogens (tertiary/aromatic N) is 1.